The van der Waals surface area contributed by atoms with Crippen molar-refractivity contribution < 1.29 is 14.3 Å². The Morgan fingerprint density at radius 3 is 2.40 bits per heavy atom. The van der Waals surface area contributed by atoms with Gasteiger partial charge in [0, 0.05) is 13.1 Å². The number of ether oxygens (including phenoxy) is 2. The molecule has 1 aromatic carbocycles. The van der Waals surface area contributed by atoms with Gasteiger partial charge in [-0.3, -0.25) is 4.79 Å². The number of benzene rings is 1. The number of para-hydroxylation sites is 2. The van der Waals surface area contributed by atoms with Crippen molar-refractivity contribution in [2.75, 3.05) is 32.8 Å². The van der Waals surface area contributed by atoms with Gasteiger partial charge in [0.25, 0.3) is 5.91 Å². The molecule has 0 aliphatic carbocycles. The van der Waals surface area contributed by atoms with Crippen LogP contribution in [0.15, 0.2) is 24.3 Å². The zero-order valence-corrected chi connectivity index (χ0v) is 12.3. The average molecular weight is 280 g/mol. The molecule has 0 fully saturated rings. The first-order valence-corrected chi connectivity index (χ1v) is 7.10. The van der Waals surface area contributed by atoms with Gasteiger partial charge in [-0.2, -0.15) is 0 Å². The van der Waals surface area contributed by atoms with Crippen molar-refractivity contribution in [1.82, 2.24) is 10.6 Å². The van der Waals surface area contributed by atoms with E-state index in [9.17, 15) is 4.79 Å². The first kappa shape index (κ1) is 16.3. The van der Waals surface area contributed by atoms with Crippen molar-refractivity contribution >= 4 is 5.91 Å². The number of nitrogens with one attached hydrogen (secondary N) is 2. The lowest BCUT2D eigenvalue weighted by Gasteiger charge is -2.11. The third kappa shape index (κ3) is 6.43. The van der Waals surface area contributed by atoms with E-state index < -0.39 is 0 Å². The van der Waals surface area contributed by atoms with Crippen LogP contribution in [0, 0.1) is 0 Å². The van der Waals surface area contributed by atoms with Crippen LogP contribution in [0.4, 0.5) is 0 Å². The first-order chi connectivity index (χ1) is 9.77. The fraction of sp³-hybridized carbons (Fsp3) is 0.533. The Hall–Kier alpha value is -1.75. The molecule has 0 bridgehead atoms. The highest BCUT2D eigenvalue weighted by molar-refractivity contribution is 5.77. The zero-order chi connectivity index (χ0) is 14.6. The van der Waals surface area contributed by atoms with E-state index in [4.69, 9.17) is 9.47 Å². The summed E-state index contributed by atoms with van der Waals surface area (Å²) in [5.41, 5.74) is 0. The molecule has 1 rings (SSSR count). The molecule has 0 radical (unpaired) electrons. The maximum absolute atomic E-state index is 11.6. The predicted octanol–water partition coefficient (Wildman–Crippen LogP) is 1.58. The molecule has 1 aromatic rings. The Balaban J connectivity index is 2.26. The summed E-state index contributed by atoms with van der Waals surface area (Å²) in [4.78, 5) is 11.6. The minimum Gasteiger partial charge on any atom is -0.490 e. The van der Waals surface area contributed by atoms with Crippen LogP contribution >= 0.6 is 0 Å². The maximum Gasteiger partial charge on any atom is 0.257 e. The monoisotopic (exact) mass is 280 g/mol. The minimum atomic E-state index is -0.130. The SMILES string of the molecule is CCCNCCNC(=O)COc1ccccc1OCC. The van der Waals surface area contributed by atoms with E-state index in [1.807, 2.05) is 25.1 Å². The van der Waals surface area contributed by atoms with Crippen molar-refractivity contribution in [3.8, 4) is 11.5 Å². The molecule has 0 saturated carbocycles. The van der Waals surface area contributed by atoms with Crippen molar-refractivity contribution in [2.24, 2.45) is 0 Å². The fourth-order valence-corrected chi connectivity index (χ4v) is 1.63. The number of carbonyl (C=O) groups is 1. The van der Waals surface area contributed by atoms with E-state index in [0.717, 1.165) is 19.5 Å². The van der Waals surface area contributed by atoms with Crippen LogP contribution in [0.1, 0.15) is 20.3 Å². The zero-order valence-electron chi connectivity index (χ0n) is 12.3. The normalized spacial score (nSPS) is 10.1. The third-order valence-electron chi connectivity index (χ3n) is 2.56. The second kappa shape index (κ2) is 10.1. The van der Waals surface area contributed by atoms with Crippen LogP contribution in [-0.4, -0.2) is 38.8 Å². The standard InChI is InChI=1S/C15H24N2O3/c1-3-9-16-10-11-17-15(18)12-20-14-8-6-5-7-13(14)19-4-2/h5-8,16H,3-4,9-12H2,1-2H3,(H,17,18). The van der Waals surface area contributed by atoms with Gasteiger partial charge >= 0.3 is 0 Å². The fourth-order valence-electron chi connectivity index (χ4n) is 1.63. The molecule has 0 spiro atoms. The Bertz CT molecular complexity index is 396. The lowest BCUT2D eigenvalue weighted by molar-refractivity contribution is -0.123. The Morgan fingerprint density at radius 1 is 1.05 bits per heavy atom. The minimum absolute atomic E-state index is 0.00212. The lowest BCUT2D eigenvalue weighted by Crippen LogP contribution is -2.35. The molecule has 0 aliphatic rings. The van der Waals surface area contributed by atoms with Crippen molar-refractivity contribution in [1.29, 1.82) is 0 Å². The van der Waals surface area contributed by atoms with Gasteiger partial charge in [0.2, 0.25) is 0 Å². The molecule has 1 amide bonds. The third-order valence-corrected chi connectivity index (χ3v) is 2.56. The molecular weight excluding hydrogens is 256 g/mol. The van der Waals surface area contributed by atoms with E-state index in [1.165, 1.54) is 0 Å². The smallest absolute Gasteiger partial charge is 0.257 e. The lowest BCUT2D eigenvalue weighted by atomic mass is 10.3. The van der Waals surface area contributed by atoms with E-state index in [-0.39, 0.29) is 12.5 Å². The highest BCUT2D eigenvalue weighted by atomic mass is 16.5. The van der Waals surface area contributed by atoms with Crippen LogP contribution in [0.3, 0.4) is 0 Å². The summed E-state index contributed by atoms with van der Waals surface area (Å²) in [6, 6.07) is 7.34. The molecule has 0 aromatic heterocycles. The molecule has 0 heterocycles. The van der Waals surface area contributed by atoms with Gasteiger partial charge in [0.15, 0.2) is 18.1 Å². The van der Waals surface area contributed by atoms with Gasteiger partial charge in [-0.1, -0.05) is 19.1 Å². The van der Waals surface area contributed by atoms with Crippen molar-refractivity contribution in [3.63, 3.8) is 0 Å². The summed E-state index contributed by atoms with van der Waals surface area (Å²) in [6.45, 7) is 6.92. The van der Waals surface area contributed by atoms with Crippen LogP contribution in [0.25, 0.3) is 0 Å². The van der Waals surface area contributed by atoms with Crippen LogP contribution in [-0.2, 0) is 4.79 Å². The highest BCUT2D eigenvalue weighted by Crippen LogP contribution is 2.26. The van der Waals surface area contributed by atoms with Gasteiger partial charge in [0.1, 0.15) is 0 Å². The van der Waals surface area contributed by atoms with E-state index >= 15 is 0 Å². The molecule has 2 N–H and O–H groups in total. The second-order valence-electron chi connectivity index (χ2n) is 4.27. The molecule has 112 valence electrons. The summed E-state index contributed by atoms with van der Waals surface area (Å²) in [5.74, 6) is 1.12. The predicted molar refractivity (Wildman–Crippen MR) is 79.3 cm³/mol. The summed E-state index contributed by atoms with van der Waals surface area (Å²) >= 11 is 0. The summed E-state index contributed by atoms with van der Waals surface area (Å²) < 4.78 is 10.9. The second-order valence-corrected chi connectivity index (χ2v) is 4.27. The largest absolute Gasteiger partial charge is 0.490 e. The molecule has 0 atom stereocenters. The number of rotatable bonds is 10. The summed E-state index contributed by atoms with van der Waals surface area (Å²) in [6.07, 6.45) is 1.09. The topological polar surface area (TPSA) is 59.6 Å². The van der Waals surface area contributed by atoms with Crippen molar-refractivity contribution in [3.05, 3.63) is 24.3 Å². The van der Waals surface area contributed by atoms with E-state index in [0.29, 0.717) is 24.7 Å². The van der Waals surface area contributed by atoms with Crippen molar-refractivity contribution in [2.45, 2.75) is 20.3 Å². The first-order valence-electron chi connectivity index (χ1n) is 7.10. The van der Waals surface area contributed by atoms with E-state index in [1.54, 1.807) is 6.07 Å². The molecule has 0 saturated heterocycles. The summed E-state index contributed by atoms with van der Waals surface area (Å²) in [5, 5.41) is 6.01. The molecule has 5 nitrogen and oxygen atoms in total. The Labute approximate surface area is 120 Å². The van der Waals surface area contributed by atoms with Gasteiger partial charge in [-0.25, -0.2) is 0 Å². The van der Waals surface area contributed by atoms with Crippen LogP contribution < -0.4 is 20.1 Å². The average Bonchev–Trinajstić information content (AvgIpc) is 2.46. The Morgan fingerprint density at radius 2 is 1.75 bits per heavy atom. The Kier molecular flexibility index (Phi) is 8.22. The maximum atomic E-state index is 11.6. The summed E-state index contributed by atoms with van der Waals surface area (Å²) in [7, 11) is 0. The quantitative estimate of drug-likeness (QED) is 0.639. The van der Waals surface area contributed by atoms with Gasteiger partial charge in [0.05, 0.1) is 6.61 Å². The van der Waals surface area contributed by atoms with E-state index in [2.05, 4.69) is 17.6 Å². The number of hydrogen-bond acceptors (Lipinski definition) is 4. The molecule has 0 aliphatic heterocycles. The van der Waals surface area contributed by atoms with Gasteiger partial charge in [-0.15, -0.1) is 0 Å². The van der Waals surface area contributed by atoms with Crippen LogP contribution in [0.2, 0.25) is 0 Å². The number of amides is 1. The van der Waals surface area contributed by atoms with Gasteiger partial charge in [-0.05, 0) is 32.0 Å². The molecule has 20 heavy (non-hydrogen) atoms. The number of carbonyl (C=O) groups excluding carboxylic acids is 1. The molecule has 0 unspecified atom stereocenters. The molecular formula is C15H24N2O3. The van der Waals surface area contributed by atoms with Gasteiger partial charge < -0.3 is 20.1 Å². The highest BCUT2D eigenvalue weighted by Gasteiger charge is 2.06. The number of hydrogen-bond donors (Lipinski definition) is 2. The van der Waals surface area contributed by atoms with Crippen LogP contribution in [0.5, 0.6) is 11.5 Å². The molecule has 5 heteroatoms.